The molecular formula is C30H34N4O8S. The number of anilines is 2. The normalized spacial score (nSPS) is 17.6. The van der Waals surface area contributed by atoms with Gasteiger partial charge in [0.05, 0.1) is 31.1 Å². The predicted molar refractivity (Wildman–Crippen MR) is 162 cm³/mol. The SMILES string of the molecule is COc1ccc2ccccc2c1CN1C(=O)[C@@H](NC(=O)[C@H](C)N(C)C(=O)O)[C@H](C)N(C(=O)CS(C)(=O)=O)c2ccccc21. The van der Waals surface area contributed by atoms with E-state index in [9.17, 15) is 32.7 Å². The van der Waals surface area contributed by atoms with E-state index < -0.39 is 57.5 Å². The number of amides is 4. The van der Waals surface area contributed by atoms with Gasteiger partial charge in [0.2, 0.25) is 11.8 Å². The van der Waals surface area contributed by atoms with E-state index in [4.69, 9.17) is 4.74 Å². The highest BCUT2D eigenvalue weighted by Crippen LogP contribution is 2.38. The fourth-order valence-electron chi connectivity index (χ4n) is 5.20. The first-order chi connectivity index (χ1) is 20.2. The maximum atomic E-state index is 14.5. The monoisotopic (exact) mass is 610 g/mol. The molecule has 0 spiro atoms. The number of hydrogen-bond donors (Lipinski definition) is 2. The smallest absolute Gasteiger partial charge is 0.407 e. The minimum absolute atomic E-state index is 0.0157. The van der Waals surface area contributed by atoms with Gasteiger partial charge >= 0.3 is 6.09 Å². The number of ether oxygens (including phenoxy) is 1. The fraction of sp³-hybridized carbons (Fsp3) is 0.333. The van der Waals surface area contributed by atoms with Gasteiger partial charge in [0.15, 0.2) is 9.84 Å². The third-order valence-electron chi connectivity index (χ3n) is 7.60. The Bertz CT molecular complexity index is 1690. The lowest BCUT2D eigenvalue weighted by molar-refractivity contribution is -0.130. The first-order valence-electron chi connectivity index (χ1n) is 13.5. The van der Waals surface area contributed by atoms with Crippen molar-refractivity contribution in [2.24, 2.45) is 0 Å². The lowest BCUT2D eigenvalue weighted by Crippen LogP contribution is -2.60. The van der Waals surface area contributed by atoms with Crippen LogP contribution in [0.4, 0.5) is 16.2 Å². The van der Waals surface area contributed by atoms with E-state index >= 15 is 0 Å². The van der Waals surface area contributed by atoms with Crippen LogP contribution in [-0.4, -0.2) is 86.5 Å². The Hall–Kier alpha value is -4.65. The van der Waals surface area contributed by atoms with E-state index in [1.807, 2.05) is 30.3 Å². The van der Waals surface area contributed by atoms with Gasteiger partial charge in [-0.1, -0.05) is 42.5 Å². The Kier molecular flexibility index (Phi) is 8.95. The number of rotatable bonds is 8. The number of nitrogens with zero attached hydrogens (tertiary/aromatic N) is 3. The van der Waals surface area contributed by atoms with E-state index in [0.717, 1.165) is 21.9 Å². The van der Waals surface area contributed by atoms with Crippen molar-refractivity contribution in [1.29, 1.82) is 0 Å². The lowest BCUT2D eigenvalue weighted by atomic mass is 10.0. The third kappa shape index (κ3) is 6.41. The van der Waals surface area contributed by atoms with Gasteiger partial charge in [-0.25, -0.2) is 13.2 Å². The molecule has 13 heteroatoms. The Balaban J connectivity index is 1.89. The zero-order valence-corrected chi connectivity index (χ0v) is 25.3. The number of methoxy groups -OCH3 is 1. The minimum atomic E-state index is -3.76. The van der Waals surface area contributed by atoms with Crippen LogP contribution < -0.4 is 19.9 Å². The fourth-order valence-corrected chi connectivity index (χ4v) is 5.79. The molecule has 0 aliphatic carbocycles. The van der Waals surface area contributed by atoms with Gasteiger partial charge in [0, 0.05) is 18.9 Å². The summed E-state index contributed by atoms with van der Waals surface area (Å²) >= 11 is 0. The molecule has 0 saturated carbocycles. The quantitative estimate of drug-likeness (QED) is 0.395. The maximum absolute atomic E-state index is 14.5. The zero-order chi connectivity index (χ0) is 31.6. The Morgan fingerprint density at radius 2 is 1.67 bits per heavy atom. The Morgan fingerprint density at radius 1 is 1.05 bits per heavy atom. The van der Waals surface area contributed by atoms with Crippen molar-refractivity contribution in [3.05, 3.63) is 66.2 Å². The molecule has 0 unspecified atom stereocenters. The number of nitrogens with one attached hydrogen (secondary N) is 1. The molecule has 1 heterocycles. The zero-order valence-electron chi connectivity index (χ0n) is 24.5. The molecule has 3 aromatic carbocycles. The summed E-state index contributed by atoms with van der Waals surface area (Å²) in [7, 11) is -1.02. The van der Waals surface area contributed by atoms with Crippen LogP contribution in [-0.2, 0) is 30.8 Å². The predicted octanol–water partition coefficient (Wildman–Crippen LogP) is 2.64. The number of para-hydroxylation sites is 2. The van der Waals surface area contributed by atoms with Gasteiger partial charge in [-0.3, -0.25) is 19.3 Å². The molecule has 1 aliphatic rings. The summed E-state index contributed by atoms with van der Waals surface area (Å²) in [4.78, 5) is 56.2. The number of carbonyl (C=O) groups is 4. The summed E-state index contributed by atoms with van der Waals surface area (Å²) in [5, 5.41) is 13.8. The van der Waals surface area contributed by atoms with Gasteiger partial charge in [0.25, 0.3) is 5.91 Å². The second-order valence-corrected chi connectivity index (χ2v) is 12.7. The van der Waals surface area contributed by atoms with E-state index in [1.54, 1.807) is 30.3 Å². The van der Waals surface area contributed by atoms with Crippen LogP contribution in [0.5, 0.6) is 5.75 Å². The van der Waals surface area contributed by atoms with E-state index in [1.165, 1.54) is 37.8 Å². The van der Waals surface area contributed by atoms with Crippen molar-refractivity contribution in [2.75, 3.05) is 36.0 Å². The minimum Gasteiger partial charge on any atom is -0.496 e. The molecule has 4 amide bonds. The summed E-state index contributed by atoms with van der Waals surface area (Å²) in [5.41, 5.74) is 1.28. The molecule has 2 N–H and O–H groups in total. The molecule has 0 saturated heterocycles. The standard InChI is InChI=1S/C30H34N4O8S/c1-18-27(31-28(36)19(2)32(3)30(38)39)29(37)33(16-22-21-11-7-6-10-20(21)14-15-25(22)42-4)23-12-8-9-13-24(23)34(18)26(35)17-43(5,40)41/h6-15,18-19,27H,16-17H2,1-5H3,(H,31,36)(H,38,39)/t18-,19-,27-/m0/s1. The van der Waals surface area contributed by atoms with E-state index in [0.29, 0.717) is 17.0 Å². The molecule has 12 nitrogen and oxygen atoms in total. The van der Waals surface area contributed by atoms with Gasteiger partial charge in [0.1, 0.15) is 23.6 Å². The van der Waals surface area contributed by atoms with Crippen molar-refractivity contribution < 1.29 is 37.4 Å². The molecule has 0 aromatic heterocycles. The second-order valence-electron chi connectivity index (χ2n) is 10.5. The van der Waals surface area contributed by atoms with Crippen LogP contribution >= 0.6 is 0 Å². The number of sulfone groups is 1. The Labute approximate surface area is 249 Å². The first kappa shape index (κ1) is 31.3. The number of carboxylic acid groups (broad SMARTS) is 1. The van der Waals surface area contributed by atoms with Crippen LogP contribution in [0.3, 0.4) is 0 Å². The average molecular weight is 611 g/mol. The van der Waals surface area contributed by atoms with E-state index in [2.05, 4.69) is 5.32 Å². The molecular weight excluding hydrogens is 576 g/mol. The van der Waals surface area contributed by atoms with Crippen LogP contribution in [0.1, 0.15) is 19.4 Å². The van der Waals surface area contributed by atoms with Crippen molar-refractivity contribution in [3.63, 3.8) is 0 Å². The number of likely N-dealkylation sites (N-methyl/N-ethyl adjacent to an activating group) is 1. The van der Waals surface area contributed by atoms with Crippen molar-refractivity contribution in [3.8, 4) is 5.75 Å². The summed E-state index contributed by atoms with van der Waals surface area (Å²) < 4.78 is 30.0. The average Bonchev–Trinajstić information content (AvgIpc) is 3.04. The number of carbonyl (C=O) groups excluding carboxylic acids is 3. The summed E-state index contributed by atoms with van der Waals surface area (Å²) in [6, 6.07) is 14.3. The molecule has 43 heavy (non-hydrogen) atoms. The van der Waals surface area contributed by atoms with Crippen LogP contribution in [0.2, 0.25) is 0 Å². The van der Waals surface area contributed by atoms with Crippen LogP contribution in [0.25, 0.3) is 10.8 Å². The van der Waals surface area contributed by atoms with Gasteiger partial charge in [-0.15, -0.1) is 0 Å². The van der Waals surface area contributed by atoms with Gasteiger partial charge in [-0.05, 0) is 42.8 Å². The van der Waals surface area contributed by atoms with Crippen molar-refractivity contribution >= 4 is 55.8 Å². The van der Waals surface area contributed by atoms with Crippen LogP contribution in [0.15, 0.2) is 60.7 Å². The summed E-state index contributed by atoms with van der Waals surface area (Å²) in [5.74, 6) is -2.43. The lowest BCUT2D eigenvalue weighted by Gasteiger charge is -2.33. The highest BCUT2D eigenvalue weighted by molar-refractivity contribution is 7.91. The second kappa shape index (κ2) is 12.3. The number of benzene rings is 3. The largest absolute Gasteiger partial charge is 0.496 e. The molecule has 0 fully saturated rings. The number of fused-ring (bicyclic) bond motifs is 2. The summed E-state index contributed by atoms with van der Waals surface area (Å²) in [6.45, 7) is 2.89. The molecule has 0 radical (unpaired) electrons. The topological polar surface area (TPSA) is 154 Å². The van der Waals surface area contributed by atoms with Crippen LogP contribution in [0, 0.1) is 0 Å². The molecule has 4 rings (SSSR count). The van der Waals surface area contributed by atoms with Gasteiger partial charge in [-0.2, -0.15) is 0 Å². The molecule has 1 aliphatic heterocycles. The van der Waals surface area contributed by atoms with Crippen molar-refractivity contribution in [1.82, 2.24) is 10.2 Å². The highest BCUT2D eigenvalue weighted by atomic mass is 32.2. The molecule has 228 valence electrons. The maximum Gasteiger partial charge on any atom is 0.407 e. The molecule has 0 bridgehead atoms. The molecule has 3 atom stereocenters. The van der Waals surface area contributed by atoms with Crippen molar-refractivity contribution in [2.45, 2.75) is 38.5 Å². The summed E-state index contributed by atoms with van der Waals surface area (Å²) in [6.07, 6.45) is -0.406. The highest BCUT2D eigenvalue weighted by Gasteiger charge is 2.43. The number of hydrogen-bond acceptors (Lipinski definition) is 7. The Morgan fingerprint density at radius 3 is 2.30 bits per heavy atom. The first-order valence-corrected chi connectivity index (χ1v) is 15.5. The third-order valence-corrected chi connectivity index (χ3v) is 8.37. The molecule has 3 aromatic rings. The van der Waals surface area contributed by atoms with E-state index in [-0.39, 0.29) is 12.2 Å². The van der Waals surface area contributed by atoms with Gasteiger partial charge < -0.3 is 25.0 Å².